The zero-order chi connectivity index (χ0) is 23.9. The molecule has 0 N–H and O–H groups in total. The zero-order valence-corrected chi connectivity index (χ0v) is 21.3. The van der Waals surface area contributed by atoms with Crippen molar-refractivity contribution in [2.45, 2.75) is 6.42 Å². The van der Waals surface area contributed by atoms with Gasteiger partial charge in [-0.15, -0.1) is 12.4 Å². The van der Waals surface area contributed by atoms with Gasteiger partial charge in [-0.1, -0.05) is 11.3 Å². The molecule has 2 heterocycles. The number of fused-ring (bicyclic) bond motifs is 1. The summed E-state index contributed by atoms with van der Waals surface area (Å²) in [5.41, 5.74) is 0.646. The van der Waals surface area contributed by atoms with E-state index in [9.17, 15) is 9.18 Å². The van der Waals surface area contributed by atoms with Gasteiger partial charge in [-0.2, -0.15) is 0 Å². The Bertz CT molecular complexity index is 1070. The molecule has 1 aliphatic heterocycles. The first-order valence-corrected chi connectivity index (χ1v) is 11.9. The van der Waals surface area contributed by atoms with E-state index >= 15 is 0 Å². The minimum atomic E-state index is -0.360. The van der Waals surface area contributed by atoms with Crippen molar-refractivity contribution in [2.24, 2.45) is 0 Å². The van der Waals surface area contributed by atoms with Crippen molar-refractivity contribution >= 4 is 45.0 Å². The molecule has 0 spiro atoms. The quantitative estimate of drug-likeness (QED) is 0.396. The number of rotatable bonds is 10. The number of nitrogens with zero attached hydrogens (tertiary/aromatic N) is 3. The van der Waals surface area contributed by atoms with Gasteiger partial charge in [0.05, 0.1) is 27.4 Å². The lowest BCUT2D eigenvalue weighted by molar-refractivity contribution is -0.120. The van der Waals surface area contributed by atoms with Crippen molar-refractivity contribution in [2.75, 3.05) is 65.1 Å². The first-order valence-electron chi connectivity index (χ1n) is 11.1. The fourth-order valence-electron chi connectivity index (χ4n) is 3.75. The number of ether oxygens (including phenoxy) is 4. The van der Waals surface area contributed by atoms with Gasteiger partial charge in [0.25, 0.3) is 5.91 Å². The number of benzene rings is 2. The molecular weight excluding hydrogens is 497 g/mol. The SMILES string of the molecule is COc1ccc(OC)c2sc(N(CCCN3CCOCC3)C(=O)COc3ccc(F)cc3)nc12.Cl. The summed E-state index contributed by atoms with van der Waals surface area (Å²) in [4.78, 5) is 21.9. The maximum Gasteiger partial charge on any atom is 0.266 e. The van der Waals surface area contributed by atoms with Crippen LogP contribution in [0, 0.1) is 5.82 Å². The van der Waals surface area contributed by atoms with E-state index in [1.165, 1.54) is 35.6 Å². The number of morpholine rings is 1. The van der Waals surface area contributed by atoms with Gasteiger partial charge in [-0.05, 0) is 42.8 Å². The van der Waals surface area contributed by atoms with Gasteiger partial charge < -0.3 is 18.9 Å². The molecule has 1 aliphatic rings. The molecule has 0 unspecified atom stereocenters. The van der Waals surface area contributed by atoms with E-state index in [0.717, 1.165) is 44.0 Å². The molecule has 190 valence electrons. The summed E-state index contributed by atoms with van der Waals surface area (Å²) in [6, 6.07) is 9.22. The van der Waals surface area contributed by atoms with E-state index in [-0.39, 0.29) is 30.7 Å². The molecule has 8 nitrogen and oxygen atoms in total. The third-order valence-electron chi connectivity index (χ3n) is 5.57. The molecule has 0 radical (unpaired) electrons. The van der Waals surface area contributed by atoms with Gasteiger partial charge in [0.2, 0.25) is 0 Å². The van der Waals surface area contributed by atoms with E-state index in [0.29, 0.717) is 34.4 Å². The van der Waals surface area contributed by atoms with E-state index in [1.54, 1.807) is 25.2 Å². The highest BCUT2D eigenvalue weighted by Gasteiger charge is 2.23. The molecule has 3 aromatic rings. The molecule has 1 fully saturated rings. The van der Waals surface area contributed by atoms with Crippen LogP contribution in [0.1, 0.15) is 6.42 Å². The second kappa shape index (κ2) is 12.9. The predicted molar refractivity (Wildman–Crippen MR) is 136 cm³/mol. The van der Waals surface area contributed by atoms with Gasteiger partial charge in [0.15, 0.2) is 11.7 Å². The number of carbonyl (C=O) groups excluding carboxylic acids is 1. The average molecular weight is 526 g/mol. The molecule has 1 saturated heterocycles. The van der Waals surface area contributed by atoms with Crippen LogP contribution < -0.4 is 19.1 Å². The molecule has 35 heavy (non-hydrogen) atoms. The number of amides is 1. The second-order valence-corrected chi connectivity index (χ2v) is 8.72. The van der Waals surface area contributed by atoms with Crippen LogP contribution in [0.5, 0.6) is 17.2 Å². The Balaban J connectivity index is 0.00000342. The van der Waals surface area contributed by atoms with Crippen LogP contribution in [0.25, 0.3) is 10.2 Å². The number of methoxy groups -OCH3 is 2. The molecule has 0 bridgehead atoms. The molecule has 4 rings (SSSR count). The minimum Gasteiger partial charge on any atom is -0.495 e. The zero-order valence-electron chi connectivity index (χ0n) is 19.7. The molecule has 11 heteroatoms. The number of carbonyl (C=O) groups is 1. The van der Waals surface area contributed by atoms with Crippen LogP contribution in [-0.4, -0.2) is 76.0 Å². The van der Waals surface area contributed by atoms with Crippen LogP contribution in [0.15, 0.2) is 36.4 Å². The molecular formula is C24H29ClFN3O5S. The molecule has 0 atom stereocenters. The summed E-state index contributed by atoms with van der Waals surface area (Å²) >= 11 is 1.37. The Morgan fingerprint density at radius 1 is 1.11 bits per heavy atom. The smallest absolute Gasteiger partial charge is 0.266 e. The van der Waals surface area contributed by atoms with Crippen molar-refractivity contribution < 1.29 is 28.1 Å². The first-order chi connectivity index (χ1) is 16.6. The standard InChI is InChI=1S/C24H28FN3O5S.ClH/c1-30-19-8-9-20(31-2)23-22(19)26-24(34-23)28(11-3-10-27-12-14-32-15-13-27)21(29)16-33-18-6-4-17(25)5-7-18;/h4-9H,3,10-16H2,1-2H3;1H. The van der Waals surface area contributed by atoms with Gasteiger partial charge in [0, 0.05) is 26.2 Å². The van der Waals surface area contributed by atoms with Crippen LogP contribution >= 0.6 is 23.7 Å². The van der Waals surface area contributed by atoms with Crippen LogP contribution in [0.4, 0.5) is 9.52 Å². The maximum absolute atomic E-state index is 13.2. The van der Waals surface area contributed by atoms with Crippen molar-refractivity contribution in [3.63, 3.8) is 0 Å². The van der Waals surface area contributed by atoms with E-state index in [1.807, 2.05) is 6.07 Å². The largest absolute Gasteiger partial charge is 0.495 e. The summed E-state index contributed by atoms with van der Waals surface area (Å²) in [7, 11) is 3.19. The predicted octanol–water partition coefficient (Wildman–Crippen LogP) is 4.01. The second-order valence-electron chi connectivity index (χ2n) is 7.74. The van der Waals surface area contributed by atoms with Crippen molar-refractivity contribution in [3.8, 4) is 17.2 Å². The molecule has 1 aromatic heterocycles. The molecule has 0 saturated carbocycles. The number of hydrogen-bond acceptors (Lipinski definition) is 8. The summed E-state index contributed by atoms with van der Waals surface area (Å²) < 4.78 is 36.0. The minimum absolute atomic E-state index is 0. The number of halogens is 2. The molecule has 0 aliphatic carbocycles. The summed E-state index contributed by atoms with van der Waals surface area (Å²) in [5, 5.41) is 0.549. The maximum atomic E-state index is 13.2. The Morgan fingerprint density at radius 3 is 2.49 bits per heavy atom. The van der Waals surface area contributed by atoms with E-state index in [2.05, 4.69) is 4.90 Å². The summed E-state index contributed by atoms with van der Waals surface area (Å²) in [6.07, 6.45) is 0.770. The van der Waals surface area contributed by atoms with Gasteiger partial charge >= 0.3 is 0 Å². The van der Waals surface area contributed by atoms with E-state index in [4.69, 9.17) is 23.9 Å². The lowest BCUT2D eigenvalue weighted by atomic mass is 10.3. The Hall–Kier alpha value is -2.66. The van der Waals surface area contributed by atoms with Gasteiger partial charge in [0.1, 0.15) is 33.3 Å². The summed E-state index contributed by atoms with van der Waals surface area (Å²) in [6.45, 7) is 4.37. The first kappa shape index (κ1) is 26.9. The highest BCUT2D eigenvalue weighted by atomic mass is 35.5. The number of anilines is 1. The monoisotopic (exact) mass is 525 g/mol. The molecule has 2 aromatic carbocycles. The number of hydrogen-bond donors (Lipinski definition) is 0. The van der Waals surface area contributed by atoms with Crippen LogP contribution in [0.3, 0.4) is 0 Å². The van der Waals surface area contributed by atoms with Crippen molar-refractivity contribution in [1.82, 2.24) is 9.88 Å². The normalized spacial score (nSPS) is 13.8. The topological polar surface area (TPSA) is 73.4 Å². The van der Waals surface area contributed by atoms with E-state index < -0.39 is 0 Å². The Labute approximate surface area is 213 Å². The Morgan fingerprint density at radius 2 is 1.80 bits per heavy atom. The highest BCUT2D eigenvalue weighted by Crippen LogP contribution is 2.40. The third-order valence-corrected chi connectivity index (χ3v) is 6.66. The lowest BCUT2D eigenvalue weighted by Crippen LogP contribution is -2.40. The van der Waals surface area contributed by atoms with Crippen LogP contribution in [0.2, 0.25) is 0 Å². The third kappa shape index (κ3) is 6.72. The van der Waals surface area contributed by atoms with Crippen molar-refractivity contribution in [1.29, 1.82) is 0 Å². The fourth-order valence-corrected chi connectivity index (χ4v) is 4.87. The number of aromatic nitrogens is 1. The van der Waals surface area contributed by atoms with Gasteiger partial charge in [-0.25, -0.2) is 9.37 Å². The number of thiazole rings is 1. The highest BCUT2D eigenvalue weighted by molar-refractivity contribution is 7.22. The average Bonchev–Trinajstić information content (AvgIpc) is 3.31. The summed E-state index contributed by atoms with van der Waals surface area (Å²) in [5.74, 6) is 1.11. The fraction of sp³-hybridized carbons (Fsp3) is 0.417. The Kier molecular flexibility index (Phi) is 9.91. The molecule has 1 amide bonds. The van der Waals surface area contributed by atoms with Crippen LogP contribution in [-0.2, 0) is 9.53 Å². The van der Waals surface area contributed by atoms with Crippen molar-refractivity contribution in [3.05, 3.63) is 42.2 Å². The van der Waals surface area contributed by atoms with Gasteiger partial charge in [-0.3, -0.25) is 14.6 Å². The lowest BCUT2D eigenvalue weighted by Gasteiger charge is -2.27.